The highest BCUT2D eigenvalue weighted by Gasteiger charge is 2.56. The second kappa shape index (κ2) is 6.12. The largest absolute Gasteiger partial charge is 0.415 e. The summed E-state index contributed by atoms with van der Waals surface area (Å²) in [6.45, 7) is 2.54. The molecule has 1 aliphatic heterocycles. The zero-order chi connectivity index (χ0) is 16.5. The zero-order valence-corrected chi connectivity index (χ0v) is 12.9. The van der Waals surface area contributed by atoms with Crippen molar-refractivity contribution in [3.05, 3.63) is 0 Å². The topological polar surface area (TPSA) is 80.5 Å². The van der Waals surface area contributed by atoms with Crippen LogP contribution in [0.25, 0.3) is 0 Å². The summed E-state index contributed by atoms with van der Waals surface area (Å²) in [5, 5.41) is 0. The minimum Gasteiger partial charge on any atom is -0.337 e. The lowest BCUT2D eigenvalue weighted by molar-refractivity contribution is -0.194. The quantitative estimate of drug-likeness (QED) is 0.818. The van der Waals surface area contributed by atoms with Crippen LogP contribution in [0, 0.1) is 0 Å². The predicted octanol–water partition coefficient (Wildman–Crippen LogP) is 1.08. The first-order valence-electron chi connectivity index (χ1n) is 6.79. The Hall–Kier alpha value is -0.830. The maximum absolute atomic E-state index is 12.9. The van der Waals surface area contributed by atoms with Crippen LogP contribution in [0.5, 0.6) is 0 Å². The lowest BCUT2D eigenvalue weighted by Gasteiger charge is -2.36. The average Bonchev–Trinajstić information content (AvgIpc) is 2.68. The fourth-order valence-electron chi connectivity index (χ4n) is 2.22. The first kappa shape index (κ1) is 18.2. The van der Waals surface area contributed by atoms with Crippen LogP contribution < -0.4 is 5.73 Å². The lowest BCUT2D eigenvalue weighted by atomic mass is 9.99. The van der Waals surface area contributed by atoms with Gasteiger partial charge in [0.2, 0.25) is 0 Å². The molecule has 21 heavy (non-hydrogen) atoms. The lowest BCUT2D eigenvalue weighted by Crippen LogP contribution is -2.64. The van der Waals surface area contributed by atoms with Gasteiger partial charge in [-0.25, -0.2) is 8.42 Å². The van der Waals surface area contributed by atoms with Gasteiger partial charge >= 0.3 is 6.18 Å². The van der Waals surface area contributed by atoms with Crippen molar-refractivity contribution < 1.29 is 26.4 Å². The number of alkyl halides is 3. The zero-order valence-electron chi connectivity index (χ0n) is 12.1. The van der Waals surface area contributed by atoms with Gasteiger partial charge in [0.25, 0.3) is 5.91 Å². The number of nitrogens with zero attached hydrogens (tertiary/aromatic N) is 1. The molecule has 0 aliphatic carbocycles. The number of nitrogens with two attached hydrogens (primary N) is 1. The van der Waals surface area contributed by atoms with Gasteiger partial charge in [-0.15, -0.1) is 0 Å². The molecular weight excluding hydrogens is 309 g/mol. The third-order valence-electron chi connectivity index (χ3n) is 3.70. The number of unbranched alkanes of at least 4 members (excludes halogenated alkanes) is 1. The van der Waals surface area contributed by atoms with E-state index < -0.39 is 33.5 Å². The minimum absolute atomic E-state index is 0.0817. The number of hydrogen-bond acceptors (Lipinski definition) is 4. The van der Waals surface area contributed by atoms with Gasteiger partial charge in [-0.3, -0.25) is 4.79 Å². The molecule has 0 bridgehead atoms. The molecule has 1 heterocycles. The molecule has 1 aliphatic rings. The fourth-order valence-corrected chi connectivity index (χ4v) is 3.95. The van der Waals surface area contributed by atoms with E-state index in [1.165, 1.54) is 0 Å². The van der Waals surface area contributed by atoms with Crippen LogP contribution >= 0.6 is 0 Å². The molecular formula is C12H21F3N2O3S. The second-order valence-electron chi connectivity index (χ2n) is 5.61. The van der Waals surface area contributed by atoms with Crippen LogP contribution in [0.3, 0.4) is 0 Å². The van der Waals surface area contributed by atoms with E-state index in [0.29, 0.717) is 19.8 Å². The molecule has 1 fully saturated rings. The Balaban J connectivity index is 3.00. The van der Waals surface area contributed by atoms with Crippen LogP contribution in [0.15, 0.2) is 0 Å². The molecule has 9 heteroatoms. The van der Waals surface area contributed by atoms with E-state index in [9.17, 15) is 26.4 Å². The van der Waals surface area contributed by atoms with Crippen LogP contribution in [0.2, 0.25) is 0 Å². The molecule has 1 rings (SSSR count). The summed E-state index contributed by atoms with van der Waals surface area (Å²) in [6, 6.07) is -0.723. The molecule has 0 aromatic carbocycles. The molecule has 0 saturated carbocycles. The number of carbonyl (C=O) groups excluding carboxylic acids is 1. The average molecular weight is 330 g/mol. The van der Waals surface area contributed by atoms with E-state index in [1.807, 2.05) is 6.92 Å². The van der Waals surface area contributed by atoms with Crippen LogP contribution in [0.4, 0.5) is 13.2 Å². The van der Waals surface area contributed by atoms with E-state index in [4.69, 9.17) is 5.73 Å². The van der Waals surface area contributed by atoms with Crippen molar-refractivity contribution >= 4 is 15.7 Å². The van der Waals surface area contributed by atoms with Crippen molar-refractivity contribution in [2.75, 3.05) is 18.1 Å². The fraction of sp³-hybridized carbons (Fsp3) is 0.917. The normalized spacial score (nSPS) is 24.6. The number of halogens is 3. The van der Waals surface area contributed by atoms with Gasteiger partial charge in [-0.1, -0.05) is 13.3 Å². The Morgan fingerprint density at radius 1 is 1.38 bits per heavy atom. The number of amides is 1. The van der Waals surface area contributed by atoms with Gasteiger partial charge in [0.05, 0.1) is 11.5 Å². The SMILES string of the molecule is CCCCN(C(=O)C(C)(N)C(F)(F)F)C1CCS(=O)(=O)C1. The van der Waals surface area contributed by atoms with E-state index in [1.54, 1.807) is 0 Å². The molecule has 0 radical (unpaired) electrons. The molecule has 0 spiro atoms. The maximum Gasteiger partial charge on any atom is 0.415 e. The van der Waals surface area contributed by atoms with Crippen molar-refractivity contribution in [1.82, 2.24) is 4.90 Å². The summed E-state index contributed by atoms with van der Waals surface area (Å²) >= 11 is 0. The minimum atomic E-state index is -4.88. The molecule has 124 valence electrons. The smallest absolute Gasteiger partial charge is 0.337 e. The summed E-state index contributed by atoms with van der Waals surface area (Å²) in [7, 11) is -3.30. The number of carbonyl (C=O) groups is 1. The van der Waals surface area contributed by atoms with Gasteiger partial charge in [0.15, 0.2) is 15.4 Å². The number of sulfone groups is 1. The van der Waals surface area contributed by atoms with Crippen molar-refractivity contribution in [3.63, 3.8) is 0 Å². The summed E-state index contributed by atoms with van der Waals surface area (Å²) in [6.07, 6.45) is -3.55. The summed E-state index contributed by atoms with van der Waals surface area (Å²) in [5.41, 5.74) is 2.17. The van der Waals surface area contributed by atoms with Crippen molar-refractivity contribution in [2.45, 2.75) is 50.9 Å². The Labute approximate surface area is 122 Å². The first-order chi connectivity index (χ1) is 9.42. The predicted molar refractivity (Wildman–Crippen MR) is 72.3 cm³/mol. The van der Waals surface area contributed by atoms with Crippen molar-refractivity contribution in [2.24, 2.45) is 5.73 Å². The monoisotopic (exact) mass is 330 g/mol. The summed E-state index contributed by atoms with van der Waals surface area (Å²) in [4.78, 5) is 13.2. The number of hydrogen-bond donors (Lipinski definition) is 1. The third kappa shape index (κ3) is 4.09. The van der Waals surface area contributed by atoms with E-state index in [0.717, 1.165) is 4.90 Å². The molecule has 2 unspecified atom stereocenters. The summed E-state index contributed by atoms with van der Waals surface area (Å²) < 4.78 is 61.7. The van der Waals surface area contributed by atoms with E-state index in [-0.39, 0.29) is 24.5 Å². The van der Waals surface area contributed by atoms with Gasteiger partial charge in [-0.05, 0) is 19.8 Å². The Bertz CT molecular complexity index is 488. The van der Waals surface area contributed by atoms with Gasteiger partial charge < -0.3 is 10.6 Å². The van der Waals surface area contributed by atoms with Crippen molar-refractivity contribution in [3.8, 4) is 0 Å². The van der Waals surface area contributed by atoms with Crippen LogP contribution in [-0.4, -0.2) is 55.0 Å². The van der Waals surface area contributed by atoms with Crippen molar-refractivity contribution in [1.29, 1.82) is 0 Å². The van der Waals surface area contributed by atoms with Gasteiger partial charge in [0, 0.05) is 12.6 Å². The molecule has 1 amide bonds. The van der Waals surface area contributed by atoms with E-state index >= 15 is 0 Å². The molecule has 0 aromatic rings. The number of rotatable bonds is 5. The Kier molecular flexibility index (Phi) is 5.31. The van der Waals surface area contributed by atoms with Gasteiger partial charge in [-0.2, -0.15) is 13.2 Å². The summed E-state index contributed by atoms with van der Waals surface area (Å²) in [5.74, 6) is -1.66. The second-order valence-corrected chi connectivity index (χ2v) is 7.84. The molecule has 1 saturated heterocycles. The third-order valence-corrected chi connectivity index (χ3v) is 5.45. The Morgan fingerprint density at radius 3 is 2.33 bits per heavy atom. The highest BCUT2D eigenvalue weighted by molar-refractivity contribution is 7.91. The van der Waals surface area contributed by atoms with E-state index in [2.05, 4.69) is 0 Å². The van der Waals surface area contributed by atoms with Crippen LogP contribution in [-0.2, 0) is 14.6 Å². The van der Waals surface area contributed by atoms with Gasteiger partial charge in [0.1, 0.15) is 0 Å². The first-order valence-corrected chi connectivity index (χ1v) is 8.61. The molecule has 0 aromatic heterocycles. The molecule has 2 atom stereocenters. The highest BCUT2D eigenvalue weighted by Crippen LogP contribution is 2.31. The Morgan fingerprint density at radius 2 is 1.95 bits per heavy atom. The standard InChI is InChI=1S/C12H21F3N2O3S/c1-3-4-6-17(9-5-7-21(19,20)8-9)10(18)11(2,16)12(13,14)15/h9H,3-8,16H2,1-2H3. The highest BCUT2D eigenvalue weighted by atomic mass is 32.2. The van der Waals surface area contributed by atoms with Crippen LogP contribution in [0.1, 0.15) is 33.1 Å². The molecule has 5 nitrogen and oxygen atoms in total. The maximum atomic E-state index is 12.9. The molecule has 2 N–H and O–H groups in total.